The van der Waals surface area contributed by atoms with Crippen molar-refractivity contribution in [2.24, 2.45) is 4.99 Å². The Morgan fingerprint density at radius 3 is 2.37 bits per heavy atom. The van der Waals surface area contributed by atoms with Gasteiger partial charge >= 0.3 is 18.2 Å². The predicted molar refractivity (Wildman–Crippen MR) is 184 cm³/mol. The average molecular weight is 735 g/mol. The van der Waals surface area contributed by atoms with E-state index in [1.165, 1.54) is 11.0 Å². The number of nitrogens with zero attached hydrogens (tertiary/aromatic N) is 2. The molecule has 52 heavy (non-hydrogen) atoms. The summed E-state index contributed by atoms with van der Waals surface area (Å²) in [5.41, 5.74) is 0.801. The lowest BCUT2D eigenvalue weighted by molar-refractivity contribution is -0.168. The normalized spacial score (nSPS) is 18.5. The Morgan fingerprint density at radius 2 is 1.63 bits per heavy atom. The van der Waals surface area contributed by atoms with Gasteiger partial charge < -0.3 is 24.4 Å². The van der Waals surface area contributed by atoms with Gasteiger partial charge in [-0.15, -0.1) is 0 Å². The number of aliphatic imine (C=N–C) groups is 1. The lowest BCUT2D eigenvalue weighted by Crippen LogP contribution is -2.49. The Balaban J connectivity index is 1.23. The molecule has 11 nitrogen and oxygen atoms in total. The molecule has 0 saturated carbocycles. The van der Waals surface area contributed by atoms with Crippen LogP contribution in [0.1, 0.15) is 28.7 Å². The van der Waals surface area contributed by atoms with Crippen LogP contribution in [-0.4, -0.2) is 61.1 Å². The van der Waals surface area contributed by atoms with Crippen LogP contribution in [0.15, 0.2) is 108 Å². The van der Waals surface area contributed by atoms with Crippen molar-refractivity contribution in [2.45, 2.75) is 37.6 Å². The molecule has 15 heteroatoms. The number of carbonyl (C=O) groups excluding carboxylic acids is 4. The number of fused-ring (bicyclic) bond motifs is 1. The minimum absolute atomic E-state index is 0.119. The monoisotopic (exact) mass is 734 g/mol. The molecule has 0 radical (unpaired) electrons. The van der Waals surface area contributed by atoms with Crippen molar-refractivity contribution < 1.29 is 46.6 Å². The van der Waals surface area contributed by atoms with Crippen LogP contribution in [0.25, 0.3) is 0 Å². The number of hydrogen-bond acceptors (Lipinski definition) is 8. The molecule has 1 saturated heterocycles. The zero-order chi connectivity index (χ0) is 36.8. The highest BCUT2D eigenvalue weighted by Crippen LogP contribution is 2.36. The van der Waals surface area contributed by atoms with Gasteiger partial charge in [0.05, 0.1) is 35.7 Å². The van der Waals surface area contributed by atoms with Crippen molar-refractivity contribution in [1.82, 2.24) is 5.32 Å². The van der Waals surface area contributed by atoms with Crippen LogP contribution in [0.3, 0.4) is 0 Å². The summed E-state index contributed by atoms with van der Waals surface area (Å²) in [5.74, 6) is -1.96. The summed E-state index contributed by atoms with van der Waals surface area (Å²) < 4.78 is 57.2. The van der Waals surface area contributed by atoms with Crippen LogP contribution >= 0.6 is 11.6 Å². The zero-order valence-electron chi connectivity index (χ0n) is 27.1. The number of amides is 3. The van der Waals surface area contributed by atoms with Crippen LogP contribution in [0.5, 0.6) is 0 Å². The molecule has 0 aliphatic carbocycles. The van der Waals surface area contributed by atoms with Gasteiger partial charge in [-0.1, -0.05) is 90.5 Å². The number of benzodiazepines with no additional fused rings is 1. The minimum Gasteiger partial charge on any atom is -0.446 e. The standard InChI is InChI=1S/C37H30ClF3N4O7/c38-24-15-16-27(26(17-24)37(39,40)41)44-36(49)51-21-29-34(48)45(30-14-8-7-13-25(30)33(43-29)23-11-5-2-6-12-23)19-31(46)42-28-18-32(47)52-35(28)50-20-22-9-3-1-4-10-22/h1-17,28-29,35H,18-21H2,(H,42,46)(H,44,49)/t28-,29+,35+/m0/s1. The van der Waals surface area contributed by atoms with E-state index in [9.17, 15) is 32.3 Å². The molecule has 0 unspecified atom stereocenters. The number of esters is 1. The molecule has 2 N–H and O–H groups in total. The molecule has 6 rings (SSSR count). The summed E-state index contributed by atoms with van der Waals surface area (Å²) in [4.78, 5) is 58.6. The van der Waals surface area contributed by atoms with E-state index in [0.717, 1.165) is 11.6 Å². The van der Waals surface area contributed by atoms with Gasteiger partial charge in [0.1, 0.15) is 19.2 Å². The molecule has 3 amide bonds. The van der Waals surface area contributed by atoms with E-state index in [-0.39, 0.29) is 18.1 Å². The molecule has 2 aliphatic heterocycles. The summed E-state index contributed by atoms with van der Waals surface area (Å²) in [6, 6.07) is 25.3. The molecule has 2 aliphatic rings. The average Bonchev–Trinajstić information content (AvgIpc) is 3.43. The maximum atomic E-state index is 14.2. The van der Waals surface area contributed by atoms with E-state index in [0.29, 0.717) is 28.6 Å². The Labute approximate surface area is 300 Å². The van der Waals surface area contributed by atoms with Gasteiger partial charge in [-0.3, -0.25) is 24.7 Å². The number of hydrogen-bond donors (Lipinski definition) is 2. The zero-order valence-corrected chi connectivity index (χ0v) is 27.9. The van der Waals surface area contributed by atoms with E-state index in [1.807, 2.05) is 30.3 Å². The molecule has 0 bridgehead atoms. The molecular formula is C37H30ClF3N4O7. The van der Waals surface area contributed by atoms with E-state index in [2.05, 4.69) is 15.6 Å². The summed E-state index contributed by atoms with van der Waals surface area (Å²) in [5, 5.41) is 4.60. The minimum atomic E-state index is -4.83. The number of nitrogens with one attached hydrogen (secondary N) is 2. The number of alkyl halides is 3. The van der Waals surface area contributed by atoms with E-state index < -0.39 is 72.8 Å². The molecule has 3 atom stereocenters. The molecule has 0 spiro atoms. The second-order valence-electron chi connectivity index (χ2n) is 11.7. The highest BCUT2D eigenvalue weighted by Gasteiger charge is 2.39. The first kappa shape index (κ1) is 36.1. The number of cyclic esters (lactones) is 1. The third kappa shape index (κ3) is 8.58. The number of carbonyl (C=O) groups is 4. The maximum Gasteiger partial charge on any atom is 0.418 e. The third-order valence-corrected chi connectivity index (χ3v) is 8.33. The van der Waals surface area contributed by atoms with Gasteiger partial charge in [-0.25, -0.2) is 4.79 Å². The number of halogens is 4. The predicted octanol–water partition coefficient (Wildman–Crippen LogP) is 6.13. The van der Waals surface area contributed by atoms with Gasteiger partial charge in [-0.2, -0.15) is 13.2 Å². The lowest BCUT2D eigenvalue weighted by Gasteiger charge is -2.26. The quantitative estimate of drug-likeness (QED) is 0.187. The first-order chi connectivity index (χ1) is 25.0. The lowest BCUT2D eigenvalue weighted by atomic mass is 10.0. The van der Waals surface area contributed by atoms with Gasteiger partial charge in [0, 0.05) is 16.1 Å². The summed E-state index contributed by atoms with van der Waals surface area (Å²) in [6.07, 6.45) is -7.35. The molecular weight excluding hydrogens is 705 g/mol. The largest absolute Gasteiger partial charge is 0.446 e. The fourth-order valence-corrected chi connectivity index (χ4v) is 5.87. The molecule has 2 heterocycles. The highest BCUT2D eigenvalue weighted by molar-refractivity contribution is 6.30. The Kier molecular flexibility index (Phi) is 10.9. The molecule has 268 valence electrons. The summed E-state index contributed by atoms with van der Waals surface area (Å²) >= 11 is 5.75. The fraction of sp³-hybridized carbons (Fsp3) is 0.216. The van der Waals surface area contributed by atoms with Gasteiger partial charge in [0.25, 0.3) is 5.91 Å². The van der Waals surface area contributed by atoms with Crippen LogP contribution in [0.2, 0.25) is 5.02 Å². The van der Waals surface area contributed by atoms with Crippen molar-refractivity contribution in [3.05, 3.63) is 130 Å². The third-order valence-electron chi connectivity index (χ3n) is 8.10. The maximum absolute atomic E-state index is 14.2. The second kappa shape index (κ2) is 15.7. The van der Waals surface area contributed by atoms with Crippen LogP contribution in [-0.2, 0) is 41.4 Å². The molecule has 4 aromatic rings. The van der Waals surface area contributed by atoms with Crippen LogP contribution in [0, 0.1) is 0 Å². The number of para-hydroxylation sites is 1. The second-order valence-corrected chi connectivity index (χ2v) is 12.2. The van der Waals surface area contributed by atoms with Crippen molar-refractivity contribution in [3.8, 4) is 0 Å². The van der Waals surface area contributed by atoms with Crippen molar-refractivity contribution in [3.63, 3.8) is 0 Å². The van der Waals surface area contributed by atoms with Gasteiger partial charge in [0.15, 0.2) is 6.04 Å². The van der Waals surface area contributed by atoms with Crippen molar-refractivity contribution in [1.29, 1.82) is 0 Å². The van der Waals surface area contributed by atoms with Crippen LogP contribution < -0.4 is 15.5 Å². The Hall–Kier alpha value is -5.73. The molecule has 1 fully saturated rings. The fourth-order valence-electron chi connectivity index (χ4n) is 5.70. The van der Waals surface area contributed by atoms with E-state index in [1.54, 1.807) is 54.6 Å². The van der Waals surface area contributed by atoms with E-state index in [4.69, 9.17) is 25.8 Å². The number of ether oxygens (including phenoxy) is 3. The number of benzene rings is 4. The Bertz CT molecular complexity index is 2000. The number of anilines is 2. The summed E-state index contributed by atoms with van der Waals surface area (Å²) in [7, 11) is 0. The first-order valence-corrected chi connectivity index (χ1v) is 16.3. The first-order valence-electron chi connectivity index (χ1n) is 15.9. The Morgan fingerprint density at radius 1 is 0.942 bits per heavy atom. The topological polar surface area (TPSA) is 136 Å². The number of rotatable bonds is 10. The summed E-state index contributed by atoms with van der Waals surface area (Å²) in [6.45, 7) is -1.11. The molecule has 0 aromatic heterocycles. The van der Waals surface area contributed by atoms with Gasteiger partial charge in [0.2, 0.25) is 12.2 Å². The van der Waals surface area contributed by atoms with Crippen molar-refractivity contribution >= 4 is 52.6 Å². The smallest absolute Gasteiger partial charge is 0.418 e. The van der Waals surface area contributed by atoms with Crippen LogP contribution in [0.4, 0.5) is 29.3 Å². The highest BCUT2D eigenvalue weighted by atomic mass is 35.5. The van der Waals surface area contributed by atoms with Crippen molar-refractivity contribution in [2.75, 3.05) is 23.4 Å². The van der Waals surface area contributed by atoms with Gasteiger partial charge in [-0.05, 0) is 29.8 Å². The SMILES string of the molecule is O=C(CN1C(=O)[C@@H](COC(=O)Nc2ccc(Cl)cc2C(F)(F)F)N=C(c2ccccc2)c2ccccc21)N[C@H]1CC(=O)O[C@H]1OCc1ccccc1. The molecule has 4 aromatic carbocycles. The van der Waals surface area contributed by atoms with E-state index >= 15 is 0 Å².